The van der Waals surface area contributed by atoms with Crippen molar-refractivity contribution in [3.63, 3.8) is 0 Å². The molecule has 0 radical (unpaired) electrons. The second kappa shape index (κ2) is 7.49. The number of hydrogen-bond donors (Lipinski definition) is 0. The van der Waals surface area contributed by atoms with E-state index in [1.54, 1.807) is 53.1 Å². The molecule has 0 aliphatic carbocycles. The van der Waals surface area contributed by atoms with Crippen LogP contribution in [0.25, 0.3) is 22.3 Å². The van der Waals surface area contributed by atoms with Crippen LogP contribution in [0.1, 0.15) is 30.0 Å². The van der Waals surface area contributed by atoms with Gasteiger partial charge in [0.2, 0.25) is 5.60 Å². The Kier molecular flexibility index (Phi) is 4.50. The predicted octanol–water partition coefficient (Wildman–Crippen LogP) is 4.07. The van der Waals surface area contributed by atoms with Gasteiger partial charge in [-0.1, -0.05) is 31.2 Å². The summed E-state index contributed by atoms with van der Waals surface area (Å²) in [4.78, 5) is 42.5. The molecule has 0 N–H and O–H groups in total. The molecule has 0 amide bonds. The zero-order valence-corrected chi connectivity index (χ0v) is 18.7. The van der Waals surface area contributed by atoms with E-state index in [2.05, 4.69) is 4.98 Å². The molecule has 4 aromatic rings. The Balaban J connectivity index is 1.58. The first kappa shape index (κ1) is 21.0. The van der Waals surface area contributed by atoms with E-state index >= 15 is 0 Å². The number of hydrogen-bond acceptors (Lipinski definition) is 7. The second-order valence-corrected chi connectivity index (χ2v) is 8.58. The number of nitro benzene ring substituents is 1. The van der Waals surface area contributed by atoms with Crippen molar-refractivity contribution in [1.82, 2.24) is 9.55 Å². The Morgan fingerprint density at radius 3 is 2.69 bits per heavy atom. The maximum atomic E-state index is 13.6. The molecule has 0 fully saturated rings. The molecule has 9 nitrogen and oxygen atoms in total. The summed E-state index contributed by atoms with van der Waals surface area (Å²) in [5.74, 6) is -0.0717. The van der Waals surface area contributed by atoms with Crippen molar-refractivity contribution in [3.8, 4) is 17.1 Å². The highest BCUT2D eigenvalue weighted by Crippen LogP contribution is 2.41. The van der Waals surface area contributed by atoms with Crippen LogP contribution in [0.4, 0.5) is 5.69 Å². The monoisotopic (exact) mass is 469 g/mol. The number of ether oxygens (including phenoxy) is 2. The molecule has 6 rings (SSSR count). The summed E-state index contributed by atoms with van der Waals surface area (Å²) in [7, 11) is 0. The van der Waals surface area contributed by atoms with Gasteiger partial charge in [0.25, 0.3) is 11.2 Å². The molecule has 174 valence electrons. The molecule has 2 aromatic heterocycles. The highest BCUT2D eigenvalue weighted by molar-refractivity contribution is 5.91. The van der Waals surface area contributed by atoms with Crippen molar-refractivity contribution < 1.29 is 19.2 Å². The number of nitrogens with zero attached hydrogens (tertiary/aromatic N) is 3. The van der Waals surface area contributed by atoms with Crippen molar-refractivity contribution in [2.45, 2.75) is 32.1 Å². The average Bonchev–Trinajstić information content (AvgIpc) is 3.22. The summed E-state index contributed by atoms with van der Waals surface area (Å²) in [6, 6.07) is 17.2. The van der Waals surface area contributed by atoms with Gasteiger partial charge in [-0.2, -0.15) is 0 Å². The smallest absolute Gasteiger partial charge is 0.355 e. The molecule has 9 heteroatoms. The molecule has 0 spiro atoms. The number of carbonyl (C=O) groups is 1. The minimum Gasteiger partial charge on any atom is -0.471 e. The fraction of sp³-hybridized carbons (Fsp3) is 0.192. The number of non-ortho nitro benzene ring substituents is 1. The van der Waals surface area contributed by atoms with Crippen LogP contribution in [-0.2, 0) is 28.3 Å². The van der Waals surface area contributed by atoms with Crippen LogP contribution >= 0.6 is 0 Å². The second-order valence-electron chi connectivity index (χ2n) is 8.58. The standard InChI is InChI=1S/C26H19N3O6/c1-2-26(35-16-7-4-3-5-8-16)19-12-22-23-15(13-28(22)24(30)18(19)14-34-25(26)31)11-17-20(27-23)9-6-10-21(17)29(32)33/h3-12H,2,13-14H2,1H3/t26-/m0/s1. The van der Waals surface area contributed by atoms with Crippen LogP contribution in [-0.4, -0.2) is 20.4 Å². The molecule has 0 bridgehead atoms. The molecule has 2 aromatic carbocycles. The third-order valence-corrected chi connectivity index (χ3v) is 6.73. The SMILES string of the molecule is CC[C@@]1(Oc2ccccc2)C(=O)OCc2c1cc1n(c2=O)Cc2cc3c([N+](=O)[O-])cccc3nc2-1. The normalized spacial score (nSPS) is 17.9. The van der Waals surface area contributed by atoms with E-state index < -0.39 is 16.5 Å². The van der Waals surface area contributed by atoms with Crippen LogP contribution < -0.4 is 10.3 Å². The fourth-order valence-electron chi connectivity index (χ4n) is 4.99. The Hall–Kier alpha value is -4.53. The number of nitro groups is 1. The van der Waals surface area contributed by atoms with Crippen LogP contribution in [0, 0.1) is 10.1 Å². The Labute approximate surface area is 198 Å². The van der Waals surface area contributed by atoms with Crippen molar-refractivity contribution in [3.05, 3.63) is 97.8 Å². The average molecular weight is 469 g/mol. The fourth-order valence-corrected chi connectivity index (χ4v) is 4.99. The first-order valence-corrected chi connectivity index (χ1v) is 11.2. The zero-order chi connectivity index (χ0) is 24.3. The predicted molar refractivity (Wildman–Crippen MR) is 126 cm³/mol. The summed E-state index contributed by atoms with van der Waals surface area (Å²) in [6.45, 7) is 1.88. The van der Waals surface area contributed by atoms with E-state index in [1.165, 1.54) is 6.07 Å². The lowest BCUT2D eigenvalue weighted by molar-refractivity contribution is -0.383. The molecule has 35 heavy (non-hydrogen) atoms. The van der Waals surface area contributed by atoms with Gasteiger partial charge in [-0.15, -0.1) is 0 Å². The minimum absolute atomic E-state index is 0.0411. The van der Waals surface area contributed by atoms with Gasteiger partial charge in [0, 0.05) is 17.2 Å². The molecule has 2 aliphatic heterocycles. The molecule has 0 saturated heterocycles. The number of benzene rings is 2. The van der Waals surface area contributed by atoms with Crippen molar-refractivity contribution >= 4 is 22.6 Å². The number of cyclic esters (lactones) is 1. The van der Waals surface area contributed by atoms with E-state index in [1.807, 2.05) is 13.0 Å². The van der Waals surface area contributed by atoms with Gasteiger partial charge in [-0.05, 0) is 36.8 Å². The molecule has 0 unspecified atom stereocenters. The number of pyridine rings is 2. The highest BCUT2D eigenvalue weighted by Gasteiger charge is 2.49. The third kappa shape index (κ3) is 2.97. The molecule has 4 heterocycles. The Morgan fingerprint density at radius 1 is 1.14 bits per heavy atom. The van der Waals surface area contributed by atoms with E-state index in [9.17, 15) is 19.7 Å². The van der Waals surface area contributed by atoms with Crippen molar-refractivity contribution in [2.24, 2.45) is 0 Å². The molecular formula is C26H19N3O6. The minimum atomic E-state index is -1.48. The maximum absolute atomic E-state index is 13.6. The van der Waals surface area contributed by atoms with Crippen LogP contribution in [0.2, 0.25) is 0 Å². The van der Waals surface area contributed by atoms with Crippen molar-refractivity contribution in [1.29, 1.82) is 0 Å². The van der Waals surface area contributed by atoms with E-state index in [-0.39, 0.29) is 30.8 Å². The Morgan fingerprint density at radius 2 is 1.94 bits per heavy atom. The first-order chi connectivity index (χ1) is 16.9. The number of aromatic nitrogens is 2. The lowest BCUT2D eigenvalue weighted by Crippen LogP contribution is -2.48. The topological polar surface area (TPSA) is 114 Å². The van der Waals surface area contributed by atoms with E-state index in [4.69, 9.17) is 9.47 Å². The number of rotatable bonds is 4. The van der Waals surface area contributed by atoms with Crippen molar-refractivity contribution in [2.75, 3.05) is 0 Å². The molecular weight excluding hydrogens is 450 g/mol. The van der Waals surface area contributed by atoms with Crippen LogP contribution in [0.3, 0.4) is 0 Å². The summed E-state index contributed by atoms with van der Waals surface area (Å²) in [5.41, 5.74) is 1.25. The highest BCUT2D eigenvalue weighted by atomic mass is 16.6. The lowest BCUT2D eigenvalue weighted by Gasteiger charge is -2.36. The van der Waals surface area contributed by atoms with Gasteiger partial charge in [-0.3, -0.25) is 14.9 Å². The zero-order valence-electron chi connectivity index (χ0n) is 18.7. The van der Waals surface area contributed by atoms with Gasteiger partial charge in [0.05, 0.1) is 39.3 Å². The largest absolute Gasteiger partial charge is 0.471 e. The van der Waals surface area contributed by atoms with Crippen LogP contribution in [0.5, 0.6) is 5.75 Å². The van der Waals surface area contributed by atoms with Crippen LogP contribution in [0.15, 0.2) is 65.5 Å². The first-order valence-electron chi connectivity index (χ1n) is 11.2. The number of fused-ring (bicyclic) bond motifs is 5. The Bertz CT molecular complexity index is 1610. The lowest BCUT2D eigenvalue weighted by atomic mass is 9.85. The van der Waals surface area contributed by atoms with E-state index in [0.717, 1.165) is 0 Å². The van der Waals surface area contributed by atoms with Gasteiger partial charge < -0.3 is 14.0 Å². The number of para-hydroxylation sites is 1. The van der Waals surface area contributed by atoms with Gasteiger partial charge in [0.15, 0.2) is 0 Å². The number of esters is 1. The summed E-state index contributed by atoms with van der Waals surface area (Å²) < 4.78 is 13.2. The van der Waals surface area contributed by atoms with Gasteiger partial charge >= 0.3 is 5.97 Å². The third-order valence-electron chi connectivity index (χ3n) is 6.73. The summed E-state index contributed by atoms with van der Waals surface area (Å²) in [6.07, 6.45) is 0.251. The number of carbonyl (C=O) groups excluding carboxylic acids is 1. The van der Waals surface area contributed by atoms with E-state index in [0.29, 0.717) is 44.7 Å². The molecule has 0 saturated carbocycles. The summed E-state index contributed by atoms with van der Waals surface area (Å²) >= 11 is 0. The van der Waals surface area contributed by atoms with Gasteiger partial charge in [0.1, 0.15) is 12.4 Å². The summed E-state index contributed by atoms with van der Waals surface area (Å²) in [5, 5.41) is 11.9. The quantitative estimate of drug-likeness (QED) is 0.221. The maximum Gasteiger partial charge on any atom is 0.355 e. The molecule has 1 atom stereocenters. The van der Waals surface area contributed by atoms with Gasteiger partial charge in [-0.25, -0.2) is 9.78 Å². The molecule has 2 aliphatic rings.